The number of hydrogen-bond donors (Lipinski definition) is 1. The summed E-state index contributed by atoms with van der Waals surface area (Å²) in [5, 5.41) is 6.68. The lowest BCUT2D eigenvalue weighted by atomic mass is 10.1. The van der Waals surface area contributed by atoms with Crippen molar-refractivity contribution in [2.45, 2.75) is 46.1 Å². The summed E-state index contributed by atoms with van der Waals surface area (Å²) in [7, 11) is 0. The number of amides is 1. The molecule has 0 saturated carbocycles. The molecule has 0 aromatic carbocycles. The van der Waals surface area contributed by atoms with E-state index in [1.54, 1.807) is 0 Å². The van der Waals surface area contributed by atoms with Gasteiger partial charge in [0.2, 0.25) is 5.91 Å². The van der Waals surface area contributed by atoms with Gasteiger partial charge in [0, 0.05) is 12.1 Å². The Morgan fingerprint density at radius 3 is 2.58 bits per heavy atom. The molecule has 0 aliphatic heterocycles. The second-order valence-electron chi connectivity index (χ2n) is 5.38. The number of unbranched alkanes of at least 4 members (excludes halogenated alkanes) is 1. The zero-order chi connectivity index (χ0) is 17.9. The predicted molar refractivity (Wildman–Crippen MR) is 80.1 cm³/mol. The highest BCUT2D eigenvalue weighted by atomic mass is 19.3. The molecule has 0 saturated heterocycles. The van der Waals surface area contributed by atoms with Crippen molar-refractivity contribution in [1.82, 2.24) is 20.1 Å². The number of nitrogens with zero attached hydrogens (tertiary/aromatic N) is 3. The standard InChI is InChI=1S/C15H18F4N4O/c1-3-4-5-20-11(24)7-23-15-12(8(2)22-23)9(13(16)17)6-10(21-15)14(18)19/h6,13-14H,3-5,7H2,1-2H3,(H,20,24). The lowest BCUT2D eigenvalue weighted by Gasteiger charge is -2.08. The third kappa shape index (κ3) is 3.82. The van der Waals surface area contributed by atoms with Crippen molar-refractivity contribution >= 4 is 16.9 Å². The highest BCUT2D eigenvalue weighted by Gasteiger charge is 2.23. The van der Waals surface area contributed by atoms with E-state index in [2.05, 4.69) is 15.4 Å². The average Bonchev–Trinajstić information content (AvgIpc) is 2.82. The second kappa shape index (κ2) is 7.59. The van der Waals surface area contributed by atoms with Crippen molar-refractivity contribution in [2.24, 2.45) is 0 Å². The summed E-state index contributed by atoms with van der Waals surface area (Å²) < 4.78 is 53.4. The van der Waals surface area contributed by atoms with E-state index in [-0.39, 0.29) is 29.2 Å². The Bertz CT molecular complexity index is 730. The molecule has 0 aliphatic carbocycles. The zero-order valence-electron chi connectivity index (χ0n) is 13.3. The summed E-state index contributed by atoms with van der Waals surface area (Å²) in [4.78, 5) is 15.6. The van der Waals surface area contributed by atoms with Gasteiger partial charge in [0.15, 0.2) is 5.65 Å². The van der Waals surface area contributed by atoms with E-state index in [0.717, 1.165) is 17.5 Å². The van der Waals surface area contributed by atoms with Crippen LogP contribution in [-0.4, -0.2) is 27.2 Å². The van der Waals surface area contributed by atoms with Gasteiger partial charge in [-0.25, -0.2) is 27.2 Å². The fourth-order valence-electron chi connectivity index (χ4n) is 2.40. The molecule has 0 fully saturated rings. The summed E-state index contributed by atoms with van der Waals surface area (Å²) in [6, 6.07) is 0.692. The average molecular weight is 346 g/mol. The minimum Gasteiger partial charge on any atom is -0.354 e. The second-order valence-corrected chi connectivity index (χ2v) is 5.38. The van der Waals surface area contributed by atoms with Crippen molar-refractivity contribution in [2.75, 3.05) is 6.54 Å². The summed E-state index contributed by atoms with van der Waals surface area (Å²) >= 11 is 0. The molecule has 0 spiro atoms. The van der Waals surface area contributed by atoms with Gasteiger partial charge in [0.1, 0.15) is 12.2 Å². The molecule has 132 valence electrons. The van der Waals surface area contributed by atoms with Crippen molar-refractivity contribution in [1.29, 1.82) is 0 Å². The molecule has 2 aromatic heterocycles. The first-order chi connectivity index (χ1) is 11.3. The van der Waals surface area contributed by atoms with Crippen molar-refractivity contribution in [3.05, 3.63) is 23.0 Å². The van der Waals surface area contributed by atoms with Gasteiger partial charge in [-0.2, -0.15) is 5.10 Å². The quantitative estimate of drug-likeness (QED) is 0.616. The third-order valence-corrected chi connectivity index (χ3v) is 3.53. The van der Waals surface area contributed by atoms with E-state index in [1.165, 1.54) is 6.92 Å². The molecule has 2 aromatic rings. The highest BCUT2D eigenvalue weighted by molar-refractivity contribution is 5.84. The van der Waals surface area contributed by atoms with E-state index in [1.807, 2.05) is 6.92 Å². The highest BCUT2D eigenvalue weighted by Crippen LogP contribution is 2.32. The maximum absolute atomic E-state index is 13.2. The lowest BCUT2D eigenvalue weighted by Crippen LogP contribution is -2.28. The van der Waals surface area contributed by atoms with Crippen LogP contribution in [-0.2, 0) is 11.3 Å². The summed E-state index contributed by atoms with van der Waals surface area (Å²) in [6.07, 6.45) is -4.23. The van der Waals surface area contributed by atoms with E-state index >= 15 is 0 Å². The molecule has 24 heavy (non-hydrogen) atoms. The van der Waals surface area contributed by atoms with Crippen LogP contribution in [0.15, 0.2) is 6.07 Å². The summed E-state index contributed by atoms with van der Waals surface area (Å²) in [5.41, 5.74) is -1.23. The molecule has 0 aliphatic rings. The maximum Gasteiger partial charge on any atom is 0.280 e. The topological polar surface area (TPSA) is 59.8 Å². The van der Waals surface area contributed by atoms with E-state index < -0.39 is 24.1 Å². The molecule has 0 radical (unpaired) electrons. The first kappa shape index (κ1) is 18.2. The van der Waals surface area contributed by atoms with Crippen LogP contribution in [0.4, 0.5) is 17.6 Å². The number of fused-ring (bicyclic) bond motifs is 1. The summed E-state index contributed by atoms with van der Waals surface area (Å²) in [6.45, 7) is 3.66. The SMILES string of the molecule is CCCCNC(=O)Cn1nc(C)c2c(C(F)F)cc(C(F)F)nc21. The Morgan fingerprint density at radius 1 is 1.29 bits per heavy atom. The Balaban J connectivity index is 2.42. The molecular weight excluding hydrogens is 328 g/mol. The molecule has 1 amide bonds. The monoisotopic (exact) mass is 346 g/mol. The van der Waals surface area contributed by atoms with Crippen LogP contribution in [0.1, 0.15) is 49.6 Å². The number of nitrogens with one attached hydrogen (secondary N) is 1. The smallest absolute Gasteiger partial charge is 0.280 e. The number of pyridine rings is 1. The summed E-state index contributed by atoms with van der Waals surface area (Å²) in [5.74, 6) is -0.379. The van der Waals surface area contributed by atoms with Gasteiger partial charge < -0.3 is 5.32 Å². The van der Waals surface area contributed by atoms with Crippen LogP contribution in [0.25, 0.3) is 11.0 Å². The van der Waals surface area contributed by atoms with Crippen molar-refractivity contribution < 1.29 is 22.4 Å². The number of carbonyl (C=O) groups excluding carboxylic acids is 1. The normalized spacial score (nSPS) is 11.7. The molecule has 9 heteroatoms. The Labute approximate surface area is 136 Å². The number of hydrogen-bond acceptors (Lipinski definition) is 3. The number of alkyl halides is 4. The first-order valence-electron chi connectivity index (χ1n) is 7.56. The lowest BCUT2D eigenvalue weighted by molar-refractivity contribution is -0.121. The fraction of sp³-hybridized carbons (Fsp3) is 0.533. The first-order valence-corrected chi connectivity index (χ1v) is 7.56. The van der Waals surface area contributed by atoms with Gasteiger partial charge in [-0.3, -0.25) is 4.79 Å². The number of aryl methyl sites for hydroxylation is 1. The Hall–Kier alpha value is -2.19. The molecule has 0 bridgehead atoms. The van der Waals surface area contributed by atoms with Gasteiger partial charge in [-0.1, -0.05) is 13.3 Å². The molecule has 2 heterocycles. The van der Waals surface area contributed by atoms with Gasteiger partial charge in [-0.05, 0) is 19.4 Å². The van der Waals surface area contributed by atoms with E-state index in [0.29, 0.717) is 12.6 Å². The van der Waals surface area contributed by atoms with Crippen LogP contribution >= 0.6 is 0 Å². The van der Waals surface area contributed by atoms with E-state index in [9.17, 15) is 22.4 Å². The molecule has 0 atom stereocenters. The minimum absolute atomic E-state index is 0.00996. The van der Waals surface area contributed by atoms with Crippen LogP contribution < -0.4 is 5.32 Å². The van der Waals surface area contributed by atoms with Gasteiger partial charge in [0.05, 0.1) is 11.1 Å². The predicted octanol–water partition coefficient (Wildman–Crippen LogP) is 3.53. The van der Waals surface area contributed by atoms with Gasteiger partial charge >= 0.3 is 0 Å². The fourth-order valence-corrected chi connectivity index (χ4v) is 2.40. The van der Waals surface area contributed by atoms with Gasteiger partial charge in [0.25, 0.3) is 12.9 Å². The minimum atomic E-state index is -2.99. The largest absolute Gasteiger partial charge is 0.354 e. The number of carbonyl (C=O) groups is 1. The number of aromatic nitrogens is 3. The van der Waals surface area contributed by atoms with Gasteiger partial charge in [-0.15, -0.1) is 0 Å². The zero-order valence-corrected chi connectivity index (χ0v) is 13.3. The van der Waals surface area contributed by atoms with E-state index in [4.69, 9.17) is 0 Å². The molecule has 0 unspecified atom stereocenters. The van der Waals surface area contributed by atoms with Crippen LogP contribution in [0, 0.1) is 6.92 Å². The molecule has 5 nitrogen and oxygen atoms in total. The molecule has 2 rings (SSSR count). The van der Waals surface area contributed by atoms with Crippen LogP contribution in [0.5, 0.6) is 0 Å². The van der Waals surface area contributed by atoms with Crippen molar-refractivity contribution in [3.63, 3.8) is 0 Å². The Morgan fingerprint density at radius 2 is 2.00 bits per heavy atom. The number of halogens is 4. The molecular formula is C15H18F4N4O. The van der Waals surface area contributed by atoms with Crippen LogP contribution in [0.2, 0.25) is 0 Å². The maximum atomic E-state index is 13.2. The molecule has 1 N–H and O–H groups in total. The Kier molecular flexibility index (Phi) is 5.74. The van der Waals surface area contributed by atoms with Crippen LogP contribution in [0.3, 0.4) is 0 Å². The van der Waals surface area contributed by atoms with Crippen molar-refractivity contribution in [3.8, 4) is 0 Å². The number of rotatable bonds is 7. The third-order valence-electron chi connectivity index (χ3n) is 3.53.